The molecule has 24 heterocycles. The minimum atomic E-state index is -3.17. The molecule has 0 spiro atoms. The summed E-state index contributed by atoms with van der Waals surface area (Å²) in [6, 6.07) is -1.30. The standard InChI is InChI=1S/C93H149N3O46S5/c1-40-14-11-19-92(8)58(141-92)28-48(41(2)26-46-35-145-44(5)95-46)96-59(105)29-57(104)91(6,7)81(120)43(4)74(40)134-60(106)16-13-25-147-146-24-12-15-50(103)49(94-9)36-144-38-56-80-65(111)71(117)89(133-56)138-78-54(33-100)131-90(72(118)66(78)112)142-93(123)39-127-84(73(119)82(93)121)135-75-51(30-97)128-86(67(113)61(75)107)139-79-55(37-143-34-45(83(122)124-10)27-47(102)18-21-126-23-22-125-20-17-42(3)101)132-88(70(116)64(79)110)137-77-53(32-99)129-85(68(114)62(77)108)136-76-52(31-98)130-87(140-80)69(115)63(76)109/h26,35,40,43,45,48-49,51-58,61-80,82,84-90,94,97-100,104,107-119,121,123H,11-25,27-34,36-39H2,1-10H3,(H,96,105)/b41-26+/t40-,43+,45+,48-,49+,51?,52?,53?,54?,55?,56?,57-,58-,61+,62+,63+,64+,65+,66+,67?,68?,69?,70?,71?,72?,73?,74-,75+,76+,77-,78+,79+,80+,82+,84+,85-,86+,87+,88+,89+,90+,92+,93+/m0/s1. The molecule has 842 valence electrons. The Morgan fingerprint density at radius 1 is 0.571 bits per heavy atom. The van der Waals surface area contributed by atoms with E-state index in [0.717, 1.165) is 46.9 Å². The Hall–Kier alpha value is -3.66. The number of ketones is 4. The average molecular weight is 2210 g/mol. The van der Waals surface area contributed by atoms with Crippen LogP contribution in [0.4, 0.5) is 0 Å². The van der Waals surface area contributed by atoms with Crippen molar-refractivity contribution >= 4 is 104 Å². The Kier molecular flexibility index (Phi) is 47.9. The van der Waals surface area contributed by atoms with Gasteiger partial charge in [0.05, 0.1) is 136 Å². The molecule has 24 rings (SSSR count). The number of carbonyl (C=O) groups is 7. The lowest BCUT2D eigenvalue weighted by molar-refractivity contribution is -0.432. The van der Waals surface area contributed by atoms with E-state index in [-0.39, 0.29) is 105 Å². The summed E-state index contributed by atoms with van der Waals surface area (Å²) in [4.78, 5) is 98.5. The molecule has 1 aromatic rings. The maximum Gasteiger partial charge on any atom is 0.309 e. The van der Waals surface area contributed by atoms with Crippen molar-refractivity contribution in [3.8, 4) is 0 Å². The summed E-state index contributed by atoms with van der Waals surface area (Å²) in [5.74, 6) is -8.49. The van der Waals surface area contributed by atoms with Gasteiger partial charge in [-0.1, -0.05) is 55.7 Å². The Morgan fingerprint density at radius 3 is 1.48 bits per heavy atom. The molecule has 22 N–H and O–H groups in total. The van der Waals surface area contributed by atoms with Gasteiger partial charge in [-0.05, 0) is 78.0 Å². The van der Waals surface area contributed by atoms with Crippen molar-refractivity contribution in [3.63, 3.8) is 0 Å². The van der Waals surface area contributed by atoms with Crippen molar-refractivity contribution in [3.05, 3.63) is 21.7 Å². The highest BCUT2D eigenvalue weighted by atomic mass is 33.1. The monoisotopic (exact) mass is 2200 g/mol. The predicted molar refractivity (Wildman–Crippen MR) is 514 cm³/mol. The molecular formula is C93H149N3O46S5. The number of hydrogen-bond acceptors (Lipinski definition) is 53. The van der Waals surface area contributed by atoms with Crippen LogP contribution in [-0.2, 0) is 124 Å². The number of aliphatic hydroxyl groups excluding tert-OH is 19. The summed E-state index contributed by atoms with van der Waals surface area (Å²) in [6.07, 6.45) is -68.2. The van der Waals surface area contributed by atoms with Gasteiger partial charge in [-0.15, -0.1) is 11.3 Å². The molecule has 0 aliphatic carbocycles. The number of carbonyl (C=O) groups excluding carboxylic acids is 7. The van der Waals surface area contributed by atoms with Crippen LogP contribution in [-0.4, -0.2) is 501 Å². The van der Waals surface area contributed by atoms with Crippen molar-refractivity contribution in [2.75, 3.05) is 108 Å². The lowest BCUT2D eigenvalue weighted by atomic mass is 9.72. The number of methoxy groups -OCH3 is 1. The SMILES string of the molecule is CN[C@H](CSCC1O[C@@H]2O[C@@H]3C(CO)O[C@H](O[C@]4(O)CO[C@H](O[C@@H]5C(CO)O[C@H](O[C@@H]6C(CSC[C@@H](CC(=O)CCOCCOCCC(C)=O)C(=O)OC)O[C@H](O[C@H]7C(CO)O[C@@H](O[C@@H]8C(CO)O[C@H](O[C@H]1[C@H](O)C2O)C(O)[C@H]8O)C(O)[C@H]7O)C(O)[C@H]6O)C(O)[C@H]5O)C(O)[C@H]4O)C(O)[C@H]3O)C(=O)CCCSSCCCC(=O)O[C@H]1[C@@H](C)CCC[C@@]2(C)O[C@H]2C[C@@H](/C(C)=C/c2csc(C)n2)NC(=O)C[C@H](O)C(C)(C)C(=O)[C@@H]1C. The first-order valence-corrected chi connectivity index (χ1v) is 55.1. The minimum absolute atomic E-state index is 0.0146. The second-order valence-corrected chi connectivity index (χ2v) is 45.5. The van der Waals surface area contributed by atoms with E-state index in [4.69, 9.17) is 90.0 Å². The summed E-state index contributed by atoms with van der Waals surface area (Å²) >= 11 is 3.40. The number of amides is 1. The highest BCUT2D eigenvalue weighted by molar-refractivity contribution is 8.76. The fourth-order valence-corrected chi connectivity index (χ4v) is 24.2. The normalized spacial score (nSPS) is 41.2. The molecule has 23 fully saturated rings. The van der Waals surface area contributed by atoms with Gasteiger partial charge in [0.15, 0.2) is 49.8 Å². The zero-order chi connectivity index (χ0) is 108. The van der Waals surface area contributed by atoms with Crippen LogP contribution < -0.4 is 10.6 Å². The van der Waals surface area contributed by atoms with Crippen LogP contribution in [0, 0.1) is 30.1 Å². The van der Waals surface area contributed by atoms with Crippen LogP contribution in [0.25, 0.3) is 6.08 Å². The molecule has 14 bridgehead atoms. The van der Waals surface area contributed by atoms with Crippen LogP contribution in [0.15, 0.2) is 11.0 Å². The van der Waals surface area contributed by atoms with Gasteiger partial charge in [0.2, 0.25) is 11.7 Å². The third-order valence-corrected chi connectivity index (χ3v) is 33.9. The van der Waals surface area contributed by atoms with E-state index in [9.17, 15) is 136 Å². The number of hydrogen-bond donors (Lipinski definition) is 22. The van der Waals surface area contributed by atoms with E-state index in [1.165, 1.54) is 46.9 Å². The topological polar surface area (TPSA) is 740 Å². The van der Waals surface area contributed by atoms with Gasteiger partial charge in [0.25, 0.3) is 0 Å². The number of nitrogens with one attached hydrogen (secondary N) is 2. The number of nitrogens with zero attached hydrogens (tertiary/aromatic N) is 1. The quantitative estimate of drug-likeness (QED) is 0.0127. The van der Waals surface area contributed by atoms with Crippen molar-refractivity contribution < 1.29 is 226 Å². The molecule has 49 nitrogen and oxygen atoms in total. The van der Waals surface area contributed by atoms with E-state index in [1.54, 1.807) is 20.8 Å². The number of aliphatic hydroxyl groups is 20. The number of ether oxygens (including phenoxy) is 19. The molecule has 23 saturated heterocycles. The van der Waals surface area contributed by atoms with Gasteiger partial charge in [-0.3, -0.25) is 33.6 Å². The van der Waals surface area contributed by atoms with E-state index in [1.807, 2.05) is 39.2 Å². The van der Waals surface area contributed by atoms with Gasteiger partial charge in [0, 0.05) is 78.4 Å². The fourth-order valence-electron chi connectivity index (χ4n) is 19.0. The summed E-state index contributed by atoms with van der Waals surface area (Å²) in [5, 5.41) is 243. The number of rotatable bonds is 38. The number of thioether (sulfide) groups is 2. The van der Waals surface area contributed by atoms with Crippen molar-refractivity contribution in [2.45, 2.75) is 377 Å². The van der Waals surface area contributed by atoms with Crippen LogP contribution >= 0.6 is 56.4 Å². The summed E-state index contributed by atoms with van der Waals surface area (Å²) in [7, 11) is 5.52. The maximum atomic E-state index is 14.5. The first-order valence-electron chi connectivity index (χ1n) is 49.4. The Morgan fingerprint density at radius 2 is 1.02 bits per heavy atom. The highest BCUT2D eigenvalue weighted by Crippen LogP contribution is 2.47. The molecular weight excluding hydrogens is 2060 g/mol. The zero-order valence-electron chi connectivity index (χ0n) is 83.5. The van der Waals surface area contributed by atoms with Gasteiger partial charge in [0.1, 0.15) is 177 Å². The molecule has 147 heavy (non-hydrogen) atoms. The second kappa shape index (κ2) is 57.0. The van der Waals surface area contributed by atoms with Crippen LogP contribution in [0.1, 0.15) is 136 Å². The Bertz CT molecular complexity index is 4330. The number of Topliss-reactive ketones (excluding diaryl/α,β-unsaturated/α-hetero) is 4. The first kappa shape index (κ1) is 124. The minimum Gasteiger partial charge on any atom is -0.469 e. The van der Waals surface area contributed by atoms with Crippen molar-refractivity contribution in [1.82, 2.24) is 15.6 Å². The summed E-state index contributed by atoms with van der Waals surface area (Å²) in [5.41, 5.74) is -0.270. The zero-order valence-corrected chi connectivity index (χ0v) is 87.5. The van der Waals surface area contributed by atoms with Gasteiger partial charge in [-0.2, -0.15) is 23.5 Å². The summed E-state index contributed by atoms with van der Waals surface area (Å²) < 4.78 is 112. The average Bonchev–Trinajstić information content (AvgIpc) is 1.73. The van der Waals surface area contributed by atoms with Gasteiger partial charge in [-0.25, -0.2) is 4.98 Å². The largest absolute Gasteiger partial charge is 0.469 e. The third-order valence-electron chi connectivity index (χ3n) is 28.2. The Labute approximate surface area is 870 Å². The number of aromatic nitrogens is 1. The van der Waals surface area contributed by atoms with Crippen LogP contribution in [0.5, 0.6) is 0 Å². The van der Waals surface area contributed by atoms with E-state index in [0.29, 0.717) is 50.0 Å². The number of aryl methyl sites for hydroxylation is 1. The van der Waals surface area contributed by atoms with E-state index < -0.39 is 325 Å². The lowest BCUT2D eigenvalue weighted by Gasteiger charge is -2.50. The number of likely N-dealkylation sites (N-methyl/N-ethyl adjacent to an activating group) is 1. The van der Waals surface area contributed by atoms with E-state index in [2.05, 4.69) is 15.6 Å². The molecule has 43 atom stereocenters. The first-order chi connectivity index (χ1) is 69.7. The number of thiazole rings is 1. The highest BCUT2D eigenvalue weighted by Gasteiger charge is 2.62. The number of epoxide rings is 1. The van der Waals surface area contributed by atoms with E-state index >= 15 is 0 Å². The fraction of sp³-hybridized carbons (Fsp3) is 0.871. The molecule has 0 aromatic carbocycles. The predicted octanol–water partition coefficient (Wildman–Crippen LogP) is -5.92. The van der Waals surface area contributed by atoms with Gasteiger partial charge >= 0.3 is 11.9 Å². The Balaban J connectivity index is 0.749. The smallest absolute Gasteiger partial charge is 0.309 e. The molecule has 54 heteroatoms. The lowest BCUT2D eigenvalue weighted by Crippen LogP contribution is -2.69. The van der Waals surface area contributed by atoms with Crippen LogP contribution in [0.3, 0.4) is 0 Å². The molecule has 23 aliphatic rings. The second-order valence-electron chi connectivity index (χ2n) is 39.6. The molecule has 13 unspecified atom stereocenters. The van der Waals surface area contributed by atoms with Crippen molar-refractivity contribution in [2.24, 2.45) is 23.2 Å². The molecule has 0 saturated carbocycles. The molecule has 0 radical (unpaired) electrons. The van der Waals surface area contributed by atoms with Gasteiger partial charge < -0.3 is 203 Å². The van der Waals surface area contributed by atoms with Crippen molar-refractivity contribution in [1.29, 1.82) is 0 Å². The maximum absolute atomic E-state index is 14.5. The number of esters is 2. The molecule has 1 amide bonds. The third kappa shape index (κ3) is 31.9. The molecule has 23 aliphatic heterocycles. The van der Waals surface area contributed by atoms with Crippen LogP contribution in [0.2, 0.25) is 0 Å². The number of fused-ring (bicyclic) bond motifs is 1. The molecule has 1 aromatic heterocycles. The summed E-state index contributed by atoms with van der Waals surface area (Å²) in [6.45, 7) is 8.57.